The third-order valence-electron chi connectivity index (χ3n) is 4.13. The number of imidazole rings is 1. The van der Waals surface area contributed by atoms with Crippen LogP contribution in [0.2, 0.25) is 0 Å². The Morgan fingerprint density at radius 1 is 1.25 bits per heavy atom. The summed E-state index contributed by atoms with van der Waals surface area (Å²) in [6, 6.07) is 1.40. The summed E-state index contributed by atoms with van der Waals surface area (Å²) in [6.07, 6.45) is 10.2. The highest BCUT2D eigenvalue weighted by Gasteiger charge is 2.34. The van der Waals surface area contributed by atoms with Crippen molar-refractivity contribution in [2.24, 2.45) is 0 Å². The van der Waals surface area contributed by atoms with Crippen LogP contribution >= 0.6 is 0 Å². The third-order valence-corrected chi connectivity index (χ3v) is 4.13. The van der Waals surface area contributed by atoms with E-state index < -0.39 is 0 Å². The van der Waals surface area contributed by atoms with E-state index in [-0.39, 0.29) is 0 Å². The highest BCUT2D eigenvalue weighted by molar-refractivity contribution is 5.06. The van der Waals surface area contributed by atoms with Gasteiger partial charge in [-0.2, -0.15) is 0 Å². The number of aromatic nitrogens is 2. The van der Waals surface area contributed by atoms with Crippen LogP contribution in [0.3, 0.4) is 0 Å². The average molecular weight is 219 g/mol. The van der Waals surface area contributed by atoms with Crippen molar-refractivity contribution in [2.75, 3.05) is 6.54 Å². The van der Waals surface area contributed by atoms with E-state index in [1.165, 1.54) is 56.6 Å². The van der Waals surface area contributed by atoms with Crippen LogP contribution in [0.1, 0.15) is 56.1 Å². The highest BCUT2D eigenvalue weighted by Crippen LogP contribution is 2.36. The summed E-state index contributed by atoms with van der Waals surface area (Å²) in [7, 11) is 0. The Bertz CT molecular complexity index is 352. The number of aromatic amines is 1. The fraction of sp³-hybridized carbons (Fsp3) is 0.769. The minimum Gasteiger partial charge on any atom is -0.345 e. The van der Waals surface area contributed by atoms with Crippen molar-refractivity contribution < 1.29 is 0 Å². The zero-order chi connectivity index (χ0) is 11.0. The van der Waals surface area contributed by atoms with E-state index in [0.29, 0.717) is 6.04 Å². The van der Waals surface area contributed by atoms with Gasteiger partial charge in [-0.25, -0.2) is 4.98 Å². The molecule has 3 rings (SSSR count). The van der Waals surface area contributed by atoms with Crippen LogP contribution in [0.15, 0.2) is 6.20 Å². The van der Waals surface area contributed by atoms with Gasteiger partial charge in [0.25, 0.3) is 0 Å². The second-order valence-corrected chi connectivity index (χ2v) is 5.29. The van der Waals surface area contributed by atoms with Gasteiger partial charge in [-0.3, -0.25) is 4.90 Å². The Kier molecular flexibility index (Phi) is 2.72. The van der Waals surface area contributed by atoms with E-state index >= 15 is 0 Å². The summed E-state index contributed by atoms with van der Waals surface area (Å²) in [6.45, 7) is 3.36. The topological polar surface area (TPSA) is 31.9 Å². The molecule has 0 spiro atoms. The molecule has 1 aliphatic carbocycles. The second-order valence-electron chi connectivity index (χ2n) is 5.29. The van der Waals surface area contributed by atoms with Crippen molar-refractivity contribution in [1.29, 1.82) is 0 Å². The van der Waals surface area contributed by atoms with Gasteiger partial charge < -0.3 is 4.98 Å². The lowest BCUT2D eigenvalue weighted by Crippen LogP contribution is -2.33. The maximum Gasteiger partial charge on any atom is 0.123 e. The van der Waals surface area contributed by atoms with Gasteiger partial charge in [-0.15, -0.1) is 0 Å². The van der Waals surface area contributed by atoms with Gasteiger partial charge in [0.1, 0.15) is 5.82 Å². The molecule has 88 valence electrons. The molecule has 16 heavy (non-hydrogen) atoms. The molecule has 2 heterocycles. The van der Waals surface area contributed by atoms with Gasteiger partial charge in [0, 0.05) is 17.9 Å². The number of nitrogens with zero attached hydrogens (tertiary/aromatic N) is 2. The molecule has 2 aliphatic rings. The normalized spacial score (nSPS) is 27.9. The lowest BCUT2D eigenvalue weighted by molar-refractivity contribution is 0.177. The van der Waals surface area contributed by atoms with Crippen LogP contribution in [0.25, 0.3) is 0 Å². The molecular formula is C13H21N3. The Balaban J connectivity index is 1.78. The summed E-state index contributed by atoms with van der Waals surface area (Å²) in [5.74, 6) is 1.20. The fourth-order valence-corrected chi connectivity index (χ4v) is 3.36. The first-order valence-electron chi connectivity index (χ1n) is 6.62. The van der Waals surface area contributed by atoms with Crippen LogP contribution in [-0.4, -0.2) is 27.5 Å². The predicted molar refractivity (Wildman–Crippen MR) is 64.3 cm³/mol. The summed E-state index contributed by atoms with van der Waals surface area (Å²) < 4.78 is 0. The largest absolute Gasteiger partial charge is 0.345 e. The zero-order valence-corrected chi connectivity index (χ0v) is 10.1. The summed E-state index contributed by atoms with van der Waals surface area (Å²) in [5.41, 5.74) is 1.19. The number of hydrogen-bond acceptors (Lipinski definition) is 2. The molecule has 1 saturated heterocycles. The molecule has 1 aliphatic heterocycles. The molecule has 0 unspecified atom stereocenters. The average Bonchev–Trinajstić information content (AvgIpc) is 2.96. The first-order valence-corrected chi connectivity index (χ1v) is 6.62. The summed E-state index contributed by atoms with van der Waals surface area (Å²) in [5, 5.41) is 0. The van der Waals surface area contributed by atoms with E-state index in [2.05, 4.69) is 21.8 Å². The molecule has 1 atom stereocenters. The van der Waals surface area contributed by atoms with Gasteiger partial charge in [0.2, 0.25) is 0 Å². The highest BCUT2D eigenvalue weighted by atomic mass is 15.2. The zero-order valence-electron chi connectivity index (χ0n) is 10.1. The molecular weight excluding hydrogens is 198 g/mol. The Morgan fingerprint density at radius 3 is 2.75 bits per heavy atom. The van der Waals surface area contributed by atoms with E-state index in [1.54, 1.807) is 0 Å². The van der Waals surface area contributed by atoms with Crippen LogP contribution in [0, 0.1) is 6.92 Å². The van der Waals surface area contributed by atoms with E-state index in [9.17, 15) is 0 Å². The Morgan fingerprint density at radius 2 is 2.06 bits per heavy atom. The molecule has 3 heteroatoms. The molecule has 1 aromatic heterocycles. The lowest BCUT2D eigenvalue weighted by Gasteiger charge is -2.29. The molecule has 0 bridgehead atoms. The molecule has 0 radical (unpaired) electrons. The van der Waals surface area contributed by atoms with Crippen molar-refractivity contribution in [1.82, 2.24) is 14.9 Å². The molecule has 1 N–H and O–H groups in total. The van der Waals surface area contributed by atoms with Gasteiger partial charge in [-0.1, -0.05) is 12.8 Å². The molecule has 0 amide bonds. The van der Waals surface area contributed by atoms with Crippen LogP contribution < -0.4 is 0 Å². The Hall–Kier alpha value is -0.830. The molecule has 2 fully saturated rings. The van der Waals surface area contributed by atoms with Crippen molar-refractivity contribution in [3.8, 4) is 0 Å². The summed E-state index contributed by atoms with van der Waals surface area (Å²) >= 11 is 0. The van der Waals surface area contributed by atoms with E-state index in [1.807, 2.05) is 6.20 Å². The van der Waals surface area contributed by atoms with Crippen LogP contribution in [-0.2, 0) is 0 Å². The van der Waals surface area contributed by atoms with Crippen molar-refractivity contribution in [3.05, 3.63) is 17.7 Å². The van der Waals surface area contributed by atoms with Gasteiger partial charge in [-0.05, 0) is 39.2 Å². The van der Waals surface area contributed by atoms with Crippen molar-refractivity contribution in [3.63, 3.8) is 0 Å². The van der Waals surface area contributed by atoms with Gasteiger partial charge >= 0.3 is 0 Å². The maximum absolute atomic E-state index is 4.52. The minimum atomic E-state index is 0.566. The van der Waals surface area contributed by atoms with Gasteiger partial charge in [0.15, 0.2) is 0 Å². The van der Waals surface area contributed by atoms with E-state index in [0.717, 1.165) is 6.04 Å². The summed E-state index contributed by atoms with van der Waals surface area (Å²) in [4.78, 5) is 10.6. The molecule has 1 saturated carbocycles. The van der Waals surface area contributed by atoms with Crippen molar-refractivity contribution >= 4 is 0 Å². The SMILES string of the molecule is Cc1cnc([C@@H]2CCCN2C2CCCC2)[nH]1. The van der Waals surface area contributed by atoms with E-state index in [4.69, 9.17) is 0 Å². The standard InChI is InChI=1S/C13H21N3/c1-10-9-14-13(15-10)12-7-4-8-16(12)11-5-2-3-6-11/h9,11-12H,2-8H2,1H3,(H,14,15)/t12-/m0/s1. The first-order chi connectivity index (χ1) is 7.84. The number of likely N-dealkylation sites (tertiary alicyclic amines) is 1. The van der Waals surface area contributed by atoms with Crippen molar-refractivity contribution in [2.45, 2.75) is 57.5 Å². The molecule has 0 aromatic carbocycles. The fourth-order valence-electron chi connectivity index (χ4n) is 3.36. The lowest BCUT2D eigenvalue weighted by atomic mass is 10.1. The number of aryl methyl sites for hydroxylation is 1. The quantitative estimate of drug-likeness (QED) is 0.829. The van der Waals surface area contributed by atoms with Gasteiger partial charge in [0.05, 0.1) is 6.04 Å². The Labute approximate surface area is 97.3 Å². The smallest absolute Gasteiger partial charge is 0.123 e. The number of rotatable bonds is 2. The molecule has 3 nitrogen and oxygen atoms in total. The third kappa shape index (κ3) is 1.77. The maximum atomic E-state index is 4.52. The monoisotopic (exact) mass is 219 g/mol. The number of H-pyrrole nitrogens is 1. The number of nitrogens with one attached hydrogen (secondary N) is 1. The van der Waals surface area contributed by atoms with Crippen LogP contribution in [0.4, 0.5) is 0 Å². The minimum absolute atomic E-state index is 0.566. The number of hydrogen-bond donors (Lipinski definition) is 1. The molecule has 1 aromatic rings. The first kappa shape index (κ1) is 10.3. The second kappa shape index (κ2) is 4.21. The van der Waals surface area contributed by atoms with Crippen LogP contribution in [0.5, 0.6) is 0 Å². The predicted octanol–water partition coefficient (Wildman–Crippen LogP) is 2.80.